The lowest BCUT2D eigenvalue weighted by molar-refractivity contribution is 0.0358. The second-order valence-electron chi connectivity index (χ2n) is 7.00. The maximum Gasteiger partial charge on any atom is 0.119 e. The summed E-state index contributed by atoms with van der Waals surface area (Å²) in [5, 5.41) is 9.09. The molecular weight excluding hydrogens is 314 g/mol. The zero-order chi connectivity index (χ0) is 17.3. The summed E-state index contributed by atoms with van der Waals surface area (Å²) in [6.07, 6.45) is 3.22. The molecule has 1 atom stereocenters. The SMILES string of the molecule is N#C[C@@H]1CCCN(Cc2ccc(OCCCN3CCOCC3)cc2)C1. The monoisotopic (exact) mass is 343 g/mol. The summed E-state index contributed by atoms with van der Waals surface area (Å²) in [7, 11) is 0. The van der Waals surface area contributed by atoms with E-state index >= 15 is 0 Å². The van der Waals surface area contributed by atoms with Gasteiger partial charge in [-0.25, -0.2) is 0 Å². The summed E-state index contributed by atoms with van der Waals surface area (Å²) in [5.74, 6) is 1.14. The minimum atomic E-state index is 0.197. The minimum absolute atomic E-state index is 0.197. The summed E-state index contributed by atoms with van der Waals surface area (Å²) in [4.78, 5) is 4.82. The van der Waals surface area contributed by atoms with Crippen LogP contribution in [0.4, 0.5) is 0 Å². The predicted octanol–water partition coefficient (Wildman–Crippen LogP) is 2.52. The van der Waals surface area contributed by atoms with Crippen molar-refractivity contribution in [2.75, 3.05) is 52.5 Å². The van der Waals surface area contributed by atoms with Crippen molar-refractivity contribution < 1.29 is 9.47 Å². The van der Waals surface area contributed by atoms with E-state index in [2.05, 4.69) is 40.1 Å². The molecule has 0 bridgehead atoms. The van der Waals surface area contributed by atoms with Gasteiger partial charge in [0.1, 0.15) is 5.75 Å². The maximum absolute atomic E-state index is 9.09. The van der Waals surface area contributed by atoms with Gasteiger partial charge in [-0.2, -0.15) is 5.26 Å². The van der Waals surface area contributed by atoms with Gasteiger partial charge in [-0.15, -0.1) is 0 Å². The quantitative estimate of drug-likeness (QED) is 0.712. The second kappa shape index (κ2) is 9.76. The molecule has 0 saturated carbocycles. The smallest absolute Gasteiger partial charge is 0.119 e. The molecular formula is C20H29N3O2. The van der Waals surface area contributed by atoms with Gasteiger partial charge >= 0.3 is 0 Å². The Balaban J connectivity index is 1.36. The zero-order valence-electron chi connectivity index (χ0n) is 15.0. The van der Waals surface area contributed by atoms with Crippen LogP contribution in [0.25, 0.3) is 0 Å². The lowest BCUT2D eigenvalue weighted by Crippen LogP contribution is -2.37. The largest absolute Gasteiger partial charge is 0.494 e. The molecule has 136 valence electrons. The van der Waals surface area contributed by atoms with Gasteiger partial charge in [-0.1, -0.05) is 12.1 Å². The molecule has 25 heavy (non-hydrogen) atoms. The maximum atomic E-state index is 9.09. The lowest BCUT2D eigenvalue weighted by Gasteiger charge is -2.29. The van der Waals surface area contributed by atoms with E-state index in [-0.39, 0.29) is 5.92 Å². The average molecular weight is 343 g/mol. The normalized spacial score (nSPS) is 22.4. The number of rotatable bonds is 7. The minimum Gasteiger partial charge on any atom is -0.494 e. The fourth-order valence-electron chi connectivity index (χ4n) is 3.56. The van der Waals surface area contributed by atoms with Crippen LogP contribution in [0.5, 0.6) is 5.75 Å². The number of morpholine rings is 1. The Labute approximate surface area is 151 Å². The standard InChI is InChI=1S/C20H29N3O2/c21-15-19-3-1-8-23(17-19)16-18-4-6-20(7-5-18)25-12-2-9-22-10-13-24-14-11-22/h4-7,19H,1-3,8-14,16-17H2/t19-/m0/s1. The first-order chi connectivity index (χ1) is 12.3. The lowest BCUT2D eigenvalue weighted by atomic mass is 9.99. The van der Waals surface area contributed by atoms with Gasteiger partial charge in [0.15, 0.2) is 0 Å². The van der Waals surface area contributed by atoms with E-state index in [1.165, 1.54) is 5.56 Å². The van der Waals surface area contributed by atoms with Crippen LogP contribution in [0.2, 0.25) is 0 Å². The average Bonchev–Trinajstić information content (AvgIpc) is 2.67. The Morgan fingerprint density at radius 3 is 2.68 bits per heavy atom. The summed E-state index contributed by atoms with van der Waals surface area (Å²) in [6.45, 7) is 8.55. The molecule has 0 N–H and O–H groups in total. The molecule has 2 fully saturated rings. The number of nitrogens with zero attached hydrogens (tertiary/aromatic N) is 3. The molecule has 2 heterocycles. The number of likely N-dealkylation sites (tertiary alicyclic amines) is 1. The third kappa shape index (κ3) is 6.00. The van der Waals surface area contributed by atoms with Gasteiger partial charge in [0.25, 0.3) is 0 Å². The van der Waals surface area contributed by atoms with Crippen molar-refractivity contribution in [2.45, 2.75) is 25.8 Å². The Hall–Kier alpha value is -1.61. The molecule has 5 nitrogen and oxygen atoms in total. The van der Waals surface area contributed by atoms with Crippen LogP contribution in [0.1, 0.15) is 24.8 Å². The highest BCUT2D eigenvalue weighted by Crippen LogP contribution is 2.19. The molecule has 1 aromatic rings. The van der Waals surface area contributed by atoms with Crippen LogP contribution < -0.4 is 4.74 Å². The number of hydrogen-bond acceptors (Lipinski definition) is 5. The first kappa shape index (κ1) is 18.2. The summed E-state index contributed by atoms with van der Waals surface area (Å²) >= 11 is 0. The fourth-order valence-corrected chi connectivity index (χ4v) is 3.56. The number of benzene rings is 1. The van der Waals surface area contributed by atoms with Crippen LogP contribution in [0.3, 0.4) is 0 Å². The number of piperidine rings is 1. The van der Waals surface area contributed by atoms with Crippen LogP contribution in [-0.4, -0.2) is 62.3 Å². The summed E-state index contributed by atoms with van der Waals surface area (Å²) in [5.41, 5.74) is 1.29. The molecule has 0 spiro atoms. The van der Waals surface area contributed by atoms with E-state index < -0.39 is 0 Å². The third-order valence-electron chi connectivity index (χ3n) is 5.01. The number of nitriles is 1. The highest BCUT2D eigenvalue weighted by molar-refractivity contribution is 5.27. The van der Waals surface area contributed by atoms with E-state index in [1.54, 1.807) is 0 Å². The predicted molar refractivity (Wildman–Crippen MR) is 97.4 cm³/mol. The Kier molecular flexibility index (Phi) is 7.10. The Morgan fingerprint density at radius 1 is 1.12 bits per heavy atom. The highest BCUT2D eigenvalue weighted by Gasteiger charge is 2.19. The van der Waals surface area contributed by atoms with Crippen molar-refractivity contribution in [3.05, 3.63) is 29.8 Å². The van der Waals surface area contributed by atoms with Gasteiger partial charge in [0.05, 0.1) is 31.8 Å². The van der Waals surface area contributed by atoms with Crippen LogP contribution >= 0.6 is 0 Å². The highest BCUT2D eigenvalue weighted by atomic mass is 16.5. The van der Waals surface area contributed by atoms with Crippen LogP contribution in [-0.2, 0) is 11.3 Å². The second-order valence-corrected chi connectivity index (χ2v) is 7.00. The van der Waals surface area contributed by atoms with Crippen LogP contribution in [0, 0.1) is 17.2 Å². The molecule has 0 unspecified atom stereocenters. The Bertz CT molecular complexity index is 549. The van der Waals surface area contributed by atoms with E-state index in [9.17, 15) is 0 Å². The van der Waals surface area contributed by atoms with E-state index in [0.29, 0.717) is 0 Å². The molecule has 3 rings (SSSR count). The molecule has 0 aromatic heterocycles. The van der Waals surface area contributed by atoms with Crippen molar-refractivity contribution in [2.24, 2.45) is 5.92 Å². The van der Waals surface area contributed by atoms with Gasteiger partial charge in [0, 0.05) is 32.7 Å². The first-order valence-corrected chi connectivity index (χ1v) is 9.47. The fraction of sp³-hybridized carbons (Fsp3) is 0.650. The molecule has 0 aliphatic carbocycles. The molecule has 2 aliphatic heterocycles. The molecule has 1 aromatic carbocycles. The Morgan fingerprint density at radius 2 is 1.92 bits per heavy atom. The summed E-state index contributed by atoms with van der Waals surface area (Å²) in [6, 6.07) is 10.8. The zero-order valence-corrected chi connectivity index (χ0v) is 15.0. The topological polar surface area (TPSA) is 48.7 Å². The van der Waals surface area contributed by atoms with Gasteiger partial charge in [-0.3, -0.25) is 9.80 Å². The first-order valence-electron chi connectivity index (χ1n) is 9.47. The molecule has 5 heteroatoms. The van der Waals surface area contributed by atoms with Crippen molar-refractivity contribution in [1.82, 2.24) is 9.80 Å². The van der Waals surface area contributed by atoms with Crippen molar-refractivity contribution in [3.63, 3.8) is 0 Å². The van der Waals surface area contributed by atoms with Crippen molar-refractivity contribution >= 4 is 0 Å². The molecule has 0 amide bonds. The number of ether oxygens (including phenoxy) is 2. The number of hydrogen-bond donors (Lipinski definition) is 0. The molecule has 0 radical (unpaired) electrons. The third-order valence-corrected chi connectivity index (χ3v) is 5.01. The van der Waals surface area contributed by atoms with Gasteiger partial charge < -0.3 is 9.47 Å². The van der Waals surface area contributed by atoms with Crippen molar-refractivity contribution in [1.29, 1.82) is 5.26 Å². The van der Waals surface area contributed by atoms with Crippen molar-refractivity contribution in [3.8, 4) is 11.8 Å². The van der Waals surface area contributed by atoms with Gasteiger partial charge in [-0.05, 0) is 43.5 Å². The molecule has 2 aliphatic rings. The van der Waals surface area contributed by atoms with E-state index in [4.69, 9.17) is 14.7 Å². The molecule has 2 saturated heterocycles. The summed E-state index contributed by atoms with van der Waals surface area (Å²) < 4.78 is 11.2. The van der Waals surface area contributed by atoms with E-state index in [1.807, 2.05) is 0 Å². The van der Waals surface area contributed by atoms with E-state index in [0.717, 1.165) is 84.1 Å². The van der Waals surface area contributed by atoms with Gasteiger partial charge in [0.2, 0.25) is 0 Å². The van der Waals surface area contributed by atoms with Crippen LogP contribution in [0.15, 0.2) is 24.3 Å².